The van der Waals surface area contributed by atoms with E-state index in [0.717, 1.165) is 36.2 Å². The van der Waals surface area contributed by atoms with Gasteiger partial charge in [0.1, 0.15) is 0 Å². The zero-order valence-corrected chi connectivity index (χ0v) is 9.20. The molecule has 0 radical (unpaired) electrons. The van der Waals surface area contributed by atoms with Gasteiger partial charge in [0.15, 0.2) is 0 Å². The summed E-state index contributed by atoms with van der Waals surface area (Å²) in [6.45, 7) is 0.663. The summed E-state index contributed by atoms with van der Waals surface area (Å²) in [6, 6.07) is 1.44. The Hall–Kier alpha value is -0.980. The topological polar surface area (TPSA) is 95.2 Å². The van der Waals surface area contributed by atoms with E-state index in [9.17, 15) is 10.1 Å². The third-order valence-corrected chi connectivity index (χ3v) is 3.08. The molecule has 6 heteroatoms. The molecule has 15 heavy (non-hydrogen) atoms. The molecule has 1 aromatic rings. The second-order valence-corrected chi connectivity index (χ2v) is 4.26. The SMILES string of the molecule is NCCCC[C@H](N)c1csc([N+](=O)[O-])c1. The number of rotatable bonds is 6. The molecular weight excluding hydrogens is 214 g/mol. The van der Waals surface area contributed by atoms with Gasteiger partial charge in [-0.05, 0) is 24.9 Å². The van der Waals surface area contributed by atoms with E-state index in [2.05, 4.69) is 0 Å². The van der Waals surface area contributed by atoms with Crippen molar-refractivity contribution in [1.29, 1.82) is 0 Å². The Labute approximate surface area is 92.2 Å². The van der Waals surface area contributed by atoms with Crippen LogP contribution in [0.15, 0.2) is 11.4 Å². The maximum Gasteiger partial charge on any atom is 0.324 e. The van der Waals surface area contributed by atoms with E-state index in [1.54, 1.807) is 11.4 Å². The second-order valence-electron chi connectivity index (χ2n) is 3.37. The van der Waals surface area contributed by atoms with Crippen LogP contribution in [0.1, 0.15) is 30.9 Å². The highest BCUT2D eigenvalue weighted by Crippen LogP contribution is 2.27. The summed E-state index contributed by atoms with van der Waals surface area (Å²) in [4.78, 5) is 10.1. The van der Waals surface area contributed by atoms with E-state index in [0.29, 0.717) is 6.54 Å². The molecule has 0 spiro atoms. The lowest BCUT2D eigenvalue weighted by Crippen LogP contribution is -2.10. The van der Waals surface area contributed by atoms with Crippen molar-refractivity contribution < 1.29 is 4.92 Å². The zero-order chi connectivity index (χ0) is 11.3. The van der Waals surface area contributed by atoms with Crippen LogP contribution < -0.4 is 11.5 Å². The molecule has 1 aromatic heterocycles. The Balaban J connectivity index is 2.50. The molecule has 0 aliphatic heterocycles. The standard InChI is InChI=1S/C9H15N3O2S/c10-4-2-1-3-8(11)7-5-9(12(13)14)15-6-7/h5-6,8H,1-4,10-11H2/t8-/m0/s1. The van der Waals surface area contributed by atoms with Gasteiger partial charge in [-0.25, -0.2) is 0 Å². The number of nitrogens with zero attached hydrogens (tertiary/aromatic N) is 1. The van der Waals surface area contributed by atoms with Crippen molar-refractivity contribution in [2.24, 2.45) is 11.5 Å². The van der Waals surface area contributed by atoms with Gasteiger partial charge in [0.05, 0.1) is 4.92 Å². The molecule has 0 aromatic carbocycles. The second kappa shape index (κ2) is 5.79. The van der Waals surface area contributed by atoms with E-state index in [1.807, 2.05) is 0 Å². The van der Waals surface area contributed by atoms with Crippen molar-refractivity contribution in [3.8, 4) is 0 Å². The van der Waals surface area contributed by atoms with E-state index in [-0.39, 0.29) is 16.0 Å². The largest absolute Gasteiger partial charge is 0.330 e. The molecule has 0 saturated carbocycles. The van der Waals surface area contributed by atoms with Gasteiger partial charge in [0, 0.05) is 17.5 Å². The van der Waals surface area contributed by atoms with Crippen molar-refractivity contribution in [2.45, 2.75) is 25.3 Å². The average Bonchev–Trinajstić information content (AvgIpc) is 2.66. The predicted molar refractivity (Wildman–Crippen MR) is 60.8 cm³/mol. The minimum absolute atomic E-state index is 0.110. The van der Waals surface area contributed by atoms with Crippen molar-refractivity contribution in [3.63, 3.8) is 0 Å². The highest BCUT2D eigenvalue weighted by atomic mass is 32.1. The molecule has 0 fully saturated rings. The fourth-order valence-electron chi connectivity index (χ4n) is 1.30. The Morgan fingerprint density at radius 3 is 2.80 bits per heavy atom. The summed E-state index contributed by atoms with van der Waals surface area (Å²) < 4.78 is 0. The number of nitro groups is 1. The average molecular weight is 229 g/mol. The van der Waals surface area contributed by atoms with E-state index in [1.165, 1.54) is 0 Å². The van der Waals surface area contributed by atoms with Crippen molar-refractivity contribution in [2.75, 3.05) is 6.54 Å². The van der Waals surface area contributed by atoms with Crippen LogP contribution >= 0.6 is 11.3 Å². The van der Waals surface area contributed by atoms with Gasteiger partial charge in [0.25, 0.3) is 0 Å². The van der Waals surface area contributed by atoms with Crippen LogP contribution in [-0.2, 0) is 0 Å². The summed E-state index contributed by atoms with van der Waals surface area (Å²) in [5, 5.41) is 12.4. The number of hydrogen-bond donors (Lipinski definition) is 2. The molecule has 0 unspecified atom stereocenters. The van der Waals surface area contributed by atoms with E-state index < -0.39 is 0 Å². The highest BCUT2D eigenvalue weighted by molar-refractivity contribution is 7.13. The smallest absolute Gasteiger partial charge is 0.324 e. The number of unbranched alkanes of at least 4 members (excludes halogenated alkanes) is 1. The van der Waals surface area contributed by atoms with Crippen LogP contribution in [0.4, 0.5) is 5.00 Å². The summed E-state index contributed by atoms with van der Waals surface area (Å²) in [7, 11) is 0. The maximum atomic E-state index is 10.5. The van der Waals surface area contributed by atoms with Crippen LogP contribution in [0.2, 0.25) is 0 Å². The fraction of sp³-hybridized carbons (Fsp3) is 0.556. The predicted octanol–water partition coefficient (Wildman–Crippen LogP) is 1.79. The molecule has 0 amide bonds. The summed E-state index contributed by atoms with van der Waals surface area (Å²) in [5.74, 6) is 0. The highest BCUT2D eigenvalue weighted by Gasteiger charge is 2.13. The molecule has 0 saturated heterocycles. The lowest BCUT2D eigenvalue weighted by molar-refractivity contribution is -0.380. The zero-order valence-electron chi connectivity index (χ0n) is 8.39. The normalized spacial score (nSPS) is 12.7. The van der Waals surface area contributed by atoms with Crippen LogP contribution in [0.5, 0.6) is 0 Å². The first-order valence-corrected chi connectivity index (χ1v) is 5.71. The van der Waals surface area contributed by atoms with Gasteiger partial charge in [0.2, 0.25) is 0 Å². The van der Waals surface area contributed by atoms with E-state index in [4.69, 9.17) is 11.5 Å². The van der Waals surface area contributed by atoms with Gasteiger partial charge in [-0.2, -0.15) is 0 Å². The van der Waals surface area contributed by atoms with Gasteiger partial charge in [-0.3, -0.25) is 10.1 Å². The van der Waals surface area contributed by atoms with E-state index >= 15 is 0 Å². The molecule has 84 valence electrons. The minimum Gasteiger partial charge on any atom is -0.330 e. The molecule has 4 N–H and O–H groups in total. The summed E-state index contributed by atoms with van der Waals surface area (Å²) in [6.07, 6.45) is 2.73. The number of nitrogens with two attached hydrogens (primary N) is 2. The summed E-state index contributed by atoms with van der Waals surface area (Å²) >= 11 is 1.12. The molecule has 0 aliphatic rings. The monoisotopic (exact) mass is 229 g/mol. The van der Waals surface area contributed by atoms with Crippen molar-refractivity contribution >= 4 is 16.3 Å². The quantitative estimate of drug-likeness (QED) is 0.441. The third kappa shape index (κ3) is 3.58. The Morgan fingerprint density at radius 1 is 1.53 bits per heavy atom. The Morgan fingerprint density at radius 2 is 2.27 bits per heavy atom. The maximum absolute atomic E-state index is 10.5. The van der Waals surface area contributed by atoms with Crippen molar-refractivity contribution in [3.05, 3.63) is 27.1 Å². The Kier molecular flexibility index (Phi) is 4.67. The number of hydrogen-bond acceptors (Lipinski definition) is 5. The minimum atomic E-state index is -0.388. The molecule has 1 rings (SSSR count). The van der Waals surface area contributed by atoms with Gasteiger partial charge >= 0.3 is 5.00 Å². The van der Waals surface area contributed by atoms with Gasteiger partial charge < -0.3 is 11.5 Å². The Bertz CT molecular complexity index is 327. The fourth-order valence-corrected chi connectivity index (χ4v) is 2.09. The summed E-state index contributed by atoms with van der Waals surface area (Å²) in [5.41, 5.74) is 12.1. The first kappa shape index (κ1) is 12.1. The number of thiophene rings is 1. The molecule has 5 nitrogen and oxygen atoms in total. The molecule has 1 heterocycles. The van der Waals surface area contributed by atoms with Crippen molar-refractivity contribution in [1.82, 2.24) is 0 Å². The van der Waals surface area contributed by atoms with Gasteiger partial charge in [-0.15, -0.1) is 0 Å². The molecule has 0 aliphatic carbocycles. The third-order valence-electron chi connectivity index (χ3n) is 2.18. The lowest BCUT2D eigenvalue weighted by Gasteiger charge is -2.07. The van der Waals surface area contributed by atoms with Crippen LogP contribution in [0.25, 0.3) is 0 Å². The van der Waals surface area contributed by atoms with Crippen LogP contribution in [0, 0.1) is 10.1 Å². The molecule has 0 bridgehead atoms. The van der Waals surface area contributed by atoms with Crippen LogP contribution in [0.3, 0.4) is 0 Å². The van der Waals surface area contributed by atoms with Crippen LogP contribution in [-0.4, -0.2) is 11.5 Å². The first-order valence-electron chi connectivity index (χ1n) is 4.83. The first-order chi connectivity index (χ1) is 7.15. The lowest BCUT2D eigenvalue weighted by atomic mass is 10.1. The van der Waals surface area contributed by atoms with Gasteiger partial charge in [-0.1, -0.05) is 17.8 Å². The molecule has 1 atom stereocenters. The molecular formula is C9H15N3O2S.